The minimum atomic E-state index is -0.271. The zero-order valence-corrected chi connectivity index (χ0v) is 16.8. The maximum absolute atomic E-state index is 12.7. The van der Waals surface area contributed by atoms with Gasteiger partial charge in [-0.3, -0.25) is 4.79 Å². The average Bonchev–Trinajstić information content (AvgIpc) is 3.31. The van der Waals surface area contributed by atoms with Gasteiger partial charge in [0.25, 0.3) is 5.91 Å². The van der Waals surface area contributed by atoms with E-state index in [4.69, 9.17) is 0 Å². The summed E-state index contributed by atoms with van der Waals surface area (Å²) in [6.07, 6.45) is 4.55. The molecule has 1 amide bonds. The van der Waals surface area contributed by atoms with Gasteiger partial charge in [0.05, 0.1) is 22.6 Å². The second-order valence-corrected chi connectivity index (χ2v) is 7.12. The van der Waals surface area contributed by atoms with Crippen LogP contribution in [0.15, 0.2) is 59.7 Å². The largest absolute Gasteiger partial charge is 0.320 e. The fourth-order valence-electron chi connectivity index (χ4n) is 2.84. The van der Waals surface area contributed by atoms with Gasteiger partial charge >= 0.3 is 0 Å². The number of hydrogen-bond acceptors (Lipinski definition) is 5. The molecule has 3 heterocycles. The van der Waals surface area contributed by atoms with Crippen molar-refractivity contribution in [3.05, 3.63) is 76.7 Å². The standard InChI is InChI=1S/C19H16BrN7O/c1-12-7-13(2)27(25-12)18-6-3-14(9-22-18)19(28)24-16-8-15(20)4-5-17(16)26-11-21-10-23-26/h3-11H,1-2H3,(H,24,28). The summed E-state index contributed by atoms with van der Waals surface area (Å²) in [6, 6.07) is 11.0. The van der Waals surface area contributed by atoms with Gasteiger partial charge in [0.15, 0.2) is 5.82 Å². The van der Waals surface area contributed by atoms with Crippen molar-refractivity contribution in [3.63, 3.8) is 0 Å². The third-order valence-electron chi connectivity index (χ3n) is 4.11. The molecule has 4 aromatic rings. The number of nitrogens with one attached hydrogen (secondary N) is 1. The quantitative estimate of drug-likeness (QED) is 0.527. The summed E-state index contributed by atoms with van der Waals surface area (Å²) >= 11 is 3.43. The van der Waals surface area contributed by atoms with Crippen molar-refractivity contribution in [2.45, 2.75) is 13.8 Å². The zero-order chi connectivity index (χ0) is 19.7. The SMILES string of the molecule is Cc1cc(C)n(-c2ccc(C(=O)Nc3cc(Br)ccc3-n3cncn3)cn2)n1. The van der Waals surface area contributed by atoms with Crippen molar-refractivity contribution < 1.29 is 4.79 Å². The fraction of sp³-hybridized carbons (Fsp3) is 0.105. The number of rotatable bonds is 4. The van der Waals surface area contributed by atoms with Crippen molar-refractivity contribution in [1.82, 2.24) is 29.5 Å². The molecule has 8 nitrogen and oxygen atoms in total. The molecule has 28 heavy (non-hydrogen) atoms. The Morgan fingerprint density at radius 3 is 2.64 bits per heavy atom. The van der Waals surface area contributed by atoms with Crippen molar-refractivity contribution in [3.8, 4) is 11.5 Å². The highest BCUT2D eigenvalue weighted by Gasteiger charge is 2.13. The molecule has 140 valence electrons. The van der Waals surface area contributed by atoms with Gasteiger partial charge in [-0.15, -0.1) is 0 Å². The maximum atomic E-state index is 12.7. The molecular weight excluding hydrogens is 422 g/mol. The first-order chi connectivity index (χ1) is 13.5. The third kappa shape index (κ3) is 3.56. The molecule has 0 aliphatic heterocycles. The number of nitrogens with zero attached hydrogens (tertiary/aromatic N) is 6. The van der Waals surface area contributed by atoms with E-state index in [9.17, 15) is 4.79 Å². The van der Waals surface area contributed by atoms with Crippen molar-refractivity contribution in [1.29, 1.82) is 0 Å². The van der Waals surface area contributed by atoms with Gasteiger partial charge in [-0.1, -0.05) is 15.9 Å². The number of aromatic nitrogens is 6. The molecule has 0 aliphatic rings. The van der Waals surface area contributed by atoms with Crippen LogP contribution in [0.5, 0.6) is 0 Å². The maximum Gasteiger partial charge on any atom is 0.257 e. The lowest BCUT2D eigenvalue weighted by molar-refractivity contribution is 0.102. The highest BCUT2D eigenvalue weighted by molar-refractivity contribution is 9.10. The van der Waals surface area contributed by atoms with Crippen molar-refractivity contribution in [2.24, 2.45) is 0 Å². The molecule has 1 N–H and O–H groups in total. The molecule has 3 aromatic heterocycles. The summed E-state index contributed by atoms with van der Waals surface area (Å²) in [7, 11) is 0. The average molecular weight is 438 g/mol. The van der Waals surface area contributed by atoms with Crippen LogP contribution in [0.4, 0.5) is 5.69 Å². The van der Waals surface area contributed by atoms with Gasteiger partial charge in [0.2, 0.25) is 0 Å². The number of aryl methyl sites for hydroxylation is 2. The number of carbonyl (C=O) groups excluding carboxylic acids is 1. The molecule has 0 atom stereocenters. The van der Waals surface area contributed by atoms with E-state index in [0.717, 1.165) is 15.9 Å². The highest BCUT2D eigenvalue weighted by atomic mass is 79.9. The molecule has 9 heteroatoms. The molecule has 0 bridgehead atoms. The molecule has 0 spiro atoms. The van der Waals surface area contributed by atoms with Crippen LogP contribution in [0, 0.1) is 13.8 Å². The van der Waals surface area contributed by atoms with Crippen molar-refractivity contribution >= 4 is 27.5 Å². The smallest absolute Gasteiger partial charge is 0.257 e. The van der Waals surface area contributed by atoms with Crippen LogP contribution in [-0.4, -0.2) is 35.4 Å². The number of halogens is 1. The number of benzene rings is 1. The summed E-state index contributed by atoms with van der Waals surface area (Å²) in [4.78, 5) is 21.1. The van der Waals surface area contributed by atoms with Gasteiger partial charge < -0.3 is 5.32 Å². The van der Waals surface area contributed by atoms with Gasteiger partial charge in [-0.05, 0) is 50.2 Å². The van der Waals surface area contributed by atoms with Crippen LogP contribution in [0.1, 0.15) is 21.7 Å². The van der Waals surface area contributed by atoms with E-state index in [1.54, 1.807) is 27.8 Å². The van der Waals surface area contributed by atoms with Crippen LogP contribution in [0.3, 0.4) is 0 Å². The normalized spacial score (nSPS) is 10.8. The minimum absolute atomic E-state index is 0.271. The number of amides is 1. The Labute approximate surface area is 169 Å². The fourth-order valence-corrected chi connectivity index (χ4v) is 3.20. The van der Waals surface area contributed by atoms with E-state index in [0.29, 0.717) is 22.8 Å². The Balaban J connectivity index is 1.59. The minimum Gasteiger partial charge on any atom is -0.320 e. The van der Waals surface area contributed by atoms with E-state index < -0.39 is 0 Å². The van der Waals surface area contributed by atoms with Crippen LogP contribution < -0.4 is 5.32 Å². The lowest BCUT2D eigenvalue weighted by Crippen LogP contribution is -2.15. The van der Waals surface area contributed by atoms with E-state index in [1.165, 1.54) is 12.5 Å². The predicted octanol–water partition coefficient (Wildman–Crippen LogP) is 3.48. The molecule has 0 saturated heterocycles. The highest BCUT2D eigenvalue weighted by Crippen LogP contribution is 2.25. The van der Waals surface area contributed by atoms with E-state index in [1.807, 2.05) is 38.1 Å². The van der Waals surface area contributed by atoms with E-state index in [-0.39, 0.29) is 5.91 Å². The molecule has 0 fully saturated rings. The van der Waals surface area contributed by atoms with Gasteiger partial charge in [-0.25, -0.2) is 19.3 Å². The topological polar surface area (TPSA) is 90.5 Å². The van der Waals surface area contributed by atoms with Gasteiger partial charge in [-0.2, -0.15) is 10.2 Å². The molecule has 0 saturated carbocycles. The first-order valence-corrected chi connectivity index (χ1v) is 9.26. The Bertz CT molecular complexity index is 1130. The first kappa shape index (κ1) is 18.1. The third-order valence-corrected chi connectivity index (χ3v) is 4.60. The van der Waals surface area contributed by atoms with Gasteiger partial charge in [0.1, 0.15) is 12.7 Å². The molecule has 0 unspecified atom stereocenters. The van der Waals surface area contributed by atoms with Crippen molar-refractivity contribution in [2.75, 3.05) is 5.32 Å². The lowest BCUT2D eigenvalue weighted by atomic mass is 10.2. The van der Waals surface area contributed by atoms with E-state index >= 15 is 0 Å². The lowest BCUT2D eigenvalue weighted by Gasteiger charge is -2.12. The molecule has 1 aromatic carbocycles. The van der Waals surface area contributed by atoms with Gasteiger partial charge in [0, 0.05) is 16.4 Å². The molecule has 0 radical (unpaired) electrons. The Kier molecular flexibility index (Phi) is 4.74. The summed E-state index contributed by atoms with van der Waals surface area (Å²) < 4.78 is 4.17. The zero-order valence-electron chi connectivity index (χ0n) is 15.2. The number of pyridine rings is 1. The van der Waals surface area contributed by atoms with Crippen LogP contribution >= 0.6 is 15.9 Å². The second kappa shape index (κ2) is 7.35. The Morgan fingerprint density at radius 2 is 2.00 bits per heavy atom. The monoisotopic (exact) mass is 437 g/mol. The number of hydrogen-bond donors (Lipinski definition) is 1. The molecular formula is C19H16BrN7O. The Morgan fingerprint density at radius 1 is 1.14 bits per heavy atom. The van der Waals surface area contributed by atoms with Crippen LogP contribution in [0.2, 0.25) is 0 Å². The van der Waals surface area contributed by atoms with Crippen LogP contribution in [0.25, 0.3) is 11.5 Å². The number of anilines is 1. The van der Waals surface area contributed by atoms with E-state index in [2.05, 4.69) is 41.4 Å². The summed E-state index contributed by atoms with van der Waals surface area (Å²) in [5, 5.41) is 11.4. The second-order valence-electron chi connectivity index (χ2n) is 6.20. The summed E-state index contributed by atoms with van der Waals surface area (Å²) in [5.74, 6) is 0.389. The number of carbonyl (C=O) groups is 1. The Hall–Kier alpha value is -3.33. The van der Waals surface area contributed by atoms with Crippen LogP contribution in [-0.2, 0) is 0 Å². The molecule has 0 aliphatic carbocycles. The first-order valence-electron chi connectivity index (χ1n) is 8.47. The summed E-state index contributed by atoms with van der Waals surface area (Å²) in [5.41, 5.74) is 3.65. The molecule has 4 rings (SSSR count). The predicted molar refractivity (Wildman–Crippen MR) is 108 cm³/mol. The summed E-state index contributed by atoms with van der Waals surface area (Å²) in [6.45, 7) is 3.89.